The van der Waals surface area contributed by atoms with E-state index < -0.39 is 0 Å². The summed E-state index contributed by atoms with van der Waals surface area (Å²) in [6.07, 6.45) is 0.659. The van der Waals surface area contributed by atoms with Gasteiger partial charge >= 0.3 is 0 Å². The van der Waals surface area contributed by atoms with E-state index in [0.717, 1.165) is 22.6 Å². The predicted molar refractivity (Wildman–Crippen MR) is 132 cm³/mol. The van der Waals surface area contributed by atoms with Crippen molar-refractivity contribution >= 4 is 17.5 Å². The molecule has 1 unspecified atom stereocenters. The maximum Gasteiger partial charge on any atom is 0.243 e. The highest BCUT2D eigenvalue weighted by molar-refractivity contribution is 6.03. The summed E-state index contributed by atoms with van der Waals surface area (Å²) < 4.78 is 18.7. The molecule has 0 radical (unpaired) electrons. The fraction of sp³-hybridized carbons (Fsp3) is 0.250. The molecule has 6 nitrogen and oxygen atoms in total. The highest BCUT2D eigenvalue weighted by atomic mass is 19.1. The van der Waals surface area contributed by atoms with Crippen molar-refractivity contribution in [2.45, 2.75) is 31.8 Å². The number of amides is 2. The van der Waals surface area contributed by atoms with Gasteiger partial charge in [-0.15, -0.1) is 0 Å². The number of hydrogen-bond acceptors (Lipinski definition) is 4. The summed E-state index contributed by atoms with van der Waals surface area (Å²) >= 11 is 0. The topological polar surface area (TPSA) is 62.2 Å². The molecule has 3 aromatic rings. The average Bonchev–Trinajstić information content (AvgIpc) is 3.33. The minimum Gasteiger partial charge on any atom is -0.497 e. The summed E-state index contributed by atoms with van der Waals surface area (Å²) in [7, 11) is 3.26. The van der Waals surface area contributed by atoms with Gasteiger partial charge in [0.05, 0.1) is 18.9 Å². The van der Waals surface area contributed by atoms with Crippen molar-refractivity contribution in [3.8, 4) is 5.75 Å². The third-order valence-corrected chi connectivity index (χ3v) is 6.06. The summed E-state index contributed by atoms with van der Waals surface area (Å²) in [6.45, 7) is 0.277. The fourth-order valence-electron chi connectivity index (χ4n) is 4.15. The lowest BCUT2D eigenvalue weighted by atomic mass is 9.98. The first-order valence-corrected chi connectivity index (χ1v) is 11.5. The van der Waals surface area contributed by atoms with Crippen LogP contribution in [0.3, 0.4) is 0 Å². The molecule has 1 heterocycles. The third-order valence-electron chi connectivity index (χ3n) is 6.06. The SMILES string of the molecule is COc1ccc(C2CC(c3ccccc3)=NN2C(=O)CCC(=O)N(C)Cc2cccc(F)c2)cc1. The van der Waals surface area contributed by atoms with Crippen LogP contribution in [0, 0.1) is 5.82 Å². The Hall–Kier alpha value is -4.00. The van der Waals surface area contributed by atoms with Crippen LogP contribution >= 0.6 is 0 Å². The fourth-order valence-corrected chi connectivity index (χ4v) is 4.15. The molecule has 0 saturated heterocycles. The molecule has 1 atom stereocenters. The van der Waals surface area contributed by atoms with Gasteiger partial charge in [0.25, 0.3) is 0 Å². The molecule has 0 saturated carbocycles. The Balaban J connectivity index is 1.46. The predicted octanol–water partition coefficient (Wildman–Crippen LogP) is 4.95. The molecule has 0 aliphatic carbocycles. The summed E-state index contributed by atoms with van der Waals surface area (Å²) in [5.74, 6) is -0.00991. The molecule has 2 amide bonds. The largest absolute Gasteiger partial charge is 0.497 e. The van der Waals surface area contributed by atoms with Crippen molar-refractivity contribution < 1.29 is 18.7 Å². The van der Waals surface area contributed by atoms with Gasteiger partial charge in [-0.1, -0.05) is 54.6 Å². The van der Waals surface area contributed by atoms with E-state index in [9.17, 15) is 14.0 Å². The second-order valence-electron chi connectivity index (χ2n) is 8.52. The minimum absolute atomic E-state index is 0.0323. The van der Waals surface area contributed by atoms with Crippen LogP contribution in [0.25, 0.3) is 0 Å². The molecule has 1 aliphatic heterocycles. The smallest absolute Gasteiger partial charge is 0.243 e. The van der Waals surface area contributed by atoms with E-state index in [1.54, 1.807) is 26.3 Å². The Kier molecular flexibility index (Phi) is 7.55. The number of carbonyl (C=O) groups is 2. The molecule has 0 spiro atoms. The van der Waals surface area contributed by atoms with E-state index in [4.69, 9.17) is 4.74 Å². The van der Waals surface area contributed by atoms with Crippen molar-refractivity contribution in [1.82, 2.24) is 9.91 Å². The number of methoxy groups -OCH3 is 1. The van der Waals surface area contributed by atoms with Crippen molar-refractivity contribution in [3.63, 3.8) is 0 Å². The number of halogens is 1. The Bertz CT molecular complexity index is 1210. The lowest BCUT2D eigenvalue weighted by Crippen LogP contribution is -2.30. The van der Waals surface area contributed by atoms with Crippen molar-refractivity contribution in [2.24, 2.45) is 5.10 Å². The minimum atomic E-state index is -0.343. The Labute approximate surface area is 204 Å². The van der Waals surface area contributed by atoms with Crippen LogP contribution in [0.15, 0.2) is 84.0 Å². The van der Waals surface area contributed by atoms with Crippen LogP contribution in [0.5, 0.6) is 5.75 Å². The first-order valence-electron chi connectivity index (χ1n) is 11.5. The zero-order valence-corrected chi connectivity index (χ0v) is 19.9. The van der Waals surface area contributed by atoms with E-state index >= 15 is 0 Å². The molecule has 3 aromatic carbocycles. The van der Waals surface area contributed by atoms with Crippen LogP contribution in [0.4, 0.5) is 4.39 Å². The van der Waals surface area contributed by atoms with Gasteiger partial charge in [0.2, 0.25) is 11.8 Å². The molecular weight excluding hydrogens is 445 g/mol. The third kappa shape index (κ3) is 5.93. The maximum absolute atomic E-state index is 13.4. The molecular formula is C28H28FN3O3. The molecule has 7 heteroatoms. The number of ether oxygens (including phenoxy) is 1. The summed E-state index contributed by atoms with van der Waals surface area (Å²) in [5.41, 5.74) is 3.44. The van der Waals surface area contributed by atoms with Gasteiger partial charge in [0.1, 0.15) is 11.6 Å². The summed E-state index contributed by atoms with van der Waals surface area (Å²) in [5, 5.41) is 6.17. The van der Waals surface area contributed by atoms with Crippen LogP contribution in [-0.2, 0) is 16.1 Å². The van der Waals surface area contributed by atoms with E-state index in [-0.39, 0.29) is 43.1 Å². The second kappa shape index (κ2) is 11.0. The summed E-state index contributed by atoms with van der Waals surface area (Å²) in [6, 6.07) is 23.3. The molecule has 0 bridgehead atoms. The zero-order valence-electron chi connectivity index (χ0n) is 19.9. The second-order valence-corrected chi connectivity index (χ2v) is 8.52. The van der Waals surface area contributed by atoms with Crippen LogP contribution in [0.2, 0.25) is 0 Å². The molecule has 0 fully saturated rings. The maximum atomic E-state index is 13.4. The first-order chi connectivity index (χ1) is 16.9. The van der Waals surface area contributed by atoms with Crippen LogP contribution in [-0.4, -0.2) is 41.6 Å². The molecule has 0 aromatic heterocycles. The molecule has 35 heavy (non-hydrogen) atoms. The van der Waals surface area contributed by atoms with E-state index in [1.165, 1.54) is 22.0 Å². The van der Waals surface area contributed by atoms with Gasteiger partial charge in [-0.2, -0.15) is 5.10 Å². The molecule has 1 aliphatic rings. The van der Waals surface area contributed by atoms with Gasteiger partial charge < -0.3 is 9.64 Å². The summed E-state index contributed by atoms with van der Waals surface area (Å²) in [4.78, 5) is 27.4. The number of carbonyl (C=O) groups excluding carboxylic acids is 2. The van der Waals surface area contributed by atoms with E-state index in [1.807, 2.05) is 54.6 Å². The molecule has 0 N–H and O–H groups in total. The Morgan fingerprint density at radius 3 is 2.46 bits per heavy atom. The van der Waals surface area contributed by atoms with Gasteiger partial charge in [-0.25, -0.2) is 9.40 Å². The quantitative estimate of drug-likeness (QED) is 0.465. The number of nitrogens with zero attached hydrogens (tertiary/aromatic N) is 3. The average molecular weight is 474 g/mol. The number of benzene rings is 3. The number of hydrazone groups is 1. The van der Waals surface area contributed by atoms with Gasteiger partial charge in [0, 0.05) is 32.9 Å². The lowest BCUT2D eigenvalue weighted by Gasteiger charge is -2.23. The lowest BCUT2D eigenvalue weighted by molar-refractivity contribution is -0.137. The molecule has 180 valence electrons. The van der Waals surface area contributed by atoms with Crippen molar-refractivity contribution in [3.05, 3.63) is 101 Å². The first kappa shape index (κ1) is 24.1. The van der Waals surface area contributed by atoms with Crippen LogP contribution in [0.1, 0.15) is 42.0 Å². The monoisotopic (exact) mass is 473 g/mol. The van der Waals surface area contributed by atoms with Gasteiger partial charge in [-0.05, 0) is 41.0 Å². The normalized spacial score (nSPS) is 15.0. The highest BCUT2D eigenvalue weighted by Crippen LogP contribution is 2.34. The standard InChI is InChI=1S/C28H28FN3O3/c1-31(19-20-7-6-10-23(29)17-20)27(33)15-16-28(34)32-26(22-11-13-24(35-2)14-12-22)18-25(30-32)21-8-4-3-5-9-21/h3-14,17,26H,15-16,18-19H2,1-2H3. The van der Waals surface area contributed by atoms with Crippen molar-refractivity contribution in [2.75, 3.05) is 14.2 Å². The Morgan fingerprint density at radius 2 is 1.77 bits per heavy atom. The highest BCUT2D eigenvalue weighted by Gasteiger charge is 2.33. The van der Waals surface area contributed by atoms with Crippen LogP contribution < -0.4 is 4.74 Å². The van der Waals surface area contributed by atoms with Crippen molar-refractivity contribution in [1.29, 1.82) is 0 Å². The Morgan fingerprint density at radius 1 is 1.03 bits per heavy atom. The molecule has 4 rings (SSSR count). The zero-order chi connectivity index (χ0) is 24.8. The van der Waals surface area contributed by atoms with E-state index in [0.29, 0.717) is 12.0 Å². The number of hydrogen-bond donors (Lipinski definition) is 0. The van der Waals surface area contributed by atoms with Gasteiger partial charge in [-0.3, -0.25) is 9.59 Å². The van der Waals surface area contributed by atoms with E-state index in [2.05, 4.69) is 5.10 Å². The van der Waals surface area contributed by atoms with Gasteiger partial charge in [0.15, 0.2) is 0 Å². The number of rotatable bonds is 8.